The van der Waals surface area contributed by atoms with Crippen molar-refractivity contribution >= 4 is 27.2 Å². The van der Waals surface area contributed by atoms with Gasteiger partial charge in [0.1, 0.15) is 5.82 Å². The van der Waals surface area contributed by atoms with Gasteiger partial charge in [-0.25, -0.2) is 4.98 Å². The van der Waals surface area contributed by atoms with E-state index in [-0.39, 0.29) is 0 Å². The molecule has 2 nitrogen and oxygen atoms in total. The summed E-state index contributed by atoms with van der Waals surface area (Å²) in [7, 11) is 0. The van der Waals surface area contributed by atoms with E-state index >= 15 is 0 Å². The van der Waals surface area contributed by atoms with Crippen LogP contribution in [-0.4, -0.2) is 4.98 Å². The van der Waals surface area contributed by atoms with Crippen molar-refractivity contribution in [2.75, 3.05) is 5.73 Å². The molecule has 0 amide bonds. The molecule has 84 valence electrons. The summed E-state index contributed by atoms with van der Waals surface area (Å²) in [5.41, 5.74) is 5.53. The molecule has 15 heavy (non-hydrogen) atoms. The summed E-state index contributed by atoms with van der Waals surface area (Å²) in [6.07, 6.45) is 1.82. The number of anilines is 1. The van der Waals surface area contributed by atoms with Gasteiger partial charge in [0.2, 0.25) is 0 Å². The summed E-state index contributed by atoms with van der Waals surface area (Å²) in [6.45, 7) is 10.1. The molecular formula is C12H20N2S. The van der Waals surface area contributed by atoms with Gasteiger partial charge in [0, 0.05) is 11.1 Å². The number of nitrogen functional groups attached to an aromatic ring is 1. The van der Waals surface area contributed by atoms with Crippen molar-refractivity contribution in [3.63, 3.8) is 0 Å². The van der Waals surface area contributed by atoms with E-state index in [1.54, 1.807) is 11.3 Å². The fourth-order valence-corrected chi connectivity index (χ4v) is 1.97. The number of nitrogens with two attached hydrogens (primary N) is 1. The smallest absolute Gasteiger partial charge is 0.123 e. The number of aromatic nitrogens is 1. The summed E-state index contributed by atoms with van der Waals surface area (Å²) in [5, 5.41) is 1.19. The van der Waals surface area contributed by atoms with E-state index in [4.69, 9.17) is 5.73 Å². The van der Waals surface area contributed by atoms with Gasteiger partial charge in [0.25, 0.3) is 0 Å². The normalized spacial score (nSPS) is 8.60. The highest BCUT2D eigenvalue weighted by molar-refractivity contribution is 7.18. The van der Waals surface area contributed by atoms with E-state index in [9.17, 15) is 0 Å². The summed E-state index contributed by atoms with van der Waals surface area (Å²) >= 11 is 1.74. The lowest BCUT2D eigenvalue weighted by Crippen LogP contribution is -1.86. The van der Waals surface area contributed by atoms with Crippen molar-refractivity contribution in [3.8, 4) is 0 Å². The van der Waals surface area contributed by atoms with Crippen LogP contribution in [0.15, 0.2) is 18.3 Å². The Balaban J connectivity index is 0.000000442. The molecule has 2 rings (SSSR count). The Kier molecular flexibility index (Phi) is 6.71. The van der Waals surface area contributed by atoms with Crippen LogP contribution >= 0.6 is 11.3 Å². The van der Waals surface area contributed by atoms with Crippen molar-refractivity contribution in [3.05, 3.63) is 23.2 Å². The van der Waals surface area contributed by atoms with E-state index in [2.05, 4.69) is 18.0 Å². The van der Waals surface area contributed by atoms with Crippen molar-refractivity contribution < 1.29 is 0 Å². The van der Waals surface area contributed by atoms with Crippen LogP contribution in [0.3, 0.4) is 0 Å². The van der Waals surface area contributed by atoms with Crippen molar-refractivity contribution in [2.45, 2.75) is 34.6 Å². The van der Waals surface area contributed by atoms with Gasteiger partial charge in [-0.15, -0.1) is 11.3 Å². The Bertz CT molecular complexity index is 393. The Morgan fingerprint density at radius 1 is 1.13 bits per heavy atom. The van der Waals surface area contributed by atoms with Gasteiger partial charge in [0.15, 0.2) is 0 Å². The molecule has 0 saturated carbocycles. The summed E-state index contributed by atoms with van der Waals surface area (Å²) < 4.78 is 1.21. The van der Waals surface area contributed by atoms with Crippen LogP contribution < -0.4 is 5.73 Å². The number of fused-ring (bicyclic) bond motifs is 1. The quantitative estimate of drug-likeness (QED) is 0.727. The molecule has 0 atom stereocenters. The molecule has 0 fully saturated rings. The molecule has 0 radical (unpaired) electrons. The van der Waals surface area contributed by atoms with Crippen LogP contribution in [-0.2, 0) is 0 Å². The first-order chi connectivity index (χ1) is 7.25. The minimum absolute atomic E-state index is 0.593. The third kappa shape index (κ3) is 3.88. The number of pyridine rings is 1. The molecule has 2 aromatic rings. The molecule has 0 unspecified atom stereocenters. The van der Waals surface area contributed by atoms with Crippen molar-refractivity contribution in [1.82, 2.24) is 4.98 Å². The number of thiophene rings is 1. The van der Waals surface area contributed by atoms with E-state index < -0.39 is 0 Å². The zero-order chi connectivity index (χ0) is 11.8. The molecule has 0 spiro atoms. The highest BCUT2D eigenvalue weighted by Crippen LogP contribution is 2.24. The molecule has 0 bridgehead atoms. The van der Waals surface area contributed by atoms with Crippen LogP contribution in [0.1, 0.15) is 32.6 Å². The van der Waals surface area contributed by atoms with E-state index in [0.29, 0.717) is 5.82 Å². The molecule has 0 aromatic carbocycles. The molecule has 2 aromatic heterocycles. The predicted molar refractivity (Wildman–Crippen MR) is 71.5 cm³/mol. The minimum Gasteiger partial charge on any atom is -0.384 e. The van der Waals surface area contributed by atoms with E-state index in [1.807, 2.05) is 40.0 Å². The third-order valence-electron chi connectivity index (χ3n) is 1.55. The Hall–Kier alpha value is -1.09. The maximum atomic E-state index is 5.53. The van der Waals surface area contributed by atoms with Crippen molar-refractivity contribution in [1.29, 1.82) is 0 Å². The Morgan fingerprint density at radius 3 is 2.33 bits per heavy atom. The standard InChI is InChI=1S/C8H8N2S.2C2H6/c1-5-2-6-3-8(9)10-4-7(6)11-5;2*1-2/h2-4H,1H3,(H2,9,10);2*1-2H3. The molecule has 2 heterocycles. The van der Waals surface area contributed by atoms with Gasteiger partial charge >= 0.3 is 0 Å². The van der Waals surface area contributed by atoms with E-state index in [1.165, 1.54) is 15.0 Å². The zero-order valence-corrected chi connectivity index (χ0v) is 11.0. The third-order valence-corrected chi connectivity index (χ3v) is 2.55. The van der Waals surface area contributed by atoms with Gasteiger partial charge in [-0.1, -0.05) is 27.7 Å². The summed E-state index contributed by atoms with van der Waals surface area (Å²) in [5.74, 6) is 0.593. The fraction of sp³-hybridized carbons (Fsp3) is 0.417. The lowest BCUT2D eigenvalue weighted by Gasteiger charge is -1.89. The number of aryl methyl sites for hydroxylation is 1. The lowest BCUT2D eigenvalue weighted by molar-refractivity contribution is 1.38. The molecule has 0 aliphatic rings. The Labute approximate surface area is 96.1 Å². The first-order valence-corrected chi connectivity index (χ1v) is 6.19. The highest BCUT2D eigenvalue weighted by Gasteiger charge is 1.97. The van der Waals surface area contributed by atoms with Gasteiger partial charge in [-0.3, -0.25) is 0 Å². The second kappa shape index (κ2) is 7.23. The maximum Gasteiger partial charge on any atom is 0.123 e. The summed E-state index contributed by atoms with van der Waals surface area (Å²) in [6, 6.07) is 4.02. The van der Waals surface area contributed by atoms with Gasteiger partial charge in [-0.05, 0) is 24.4 Å². The minimum atomic E-state index is 0.593. The predicted octanol–water partition coefficient (Wildman–Crippen LogP) is 4.24. The van der Waals surface area contributed by atoms with Gasteiger partial charge in [0.05, 0.1) is 4.70 Å². The van der Waals surface area contributed by atoms with Gasteiger partial charge < -0.3 is 5.73 Å². The highest BCUT2D eigenvalue weighted by atomic mass is 32.1. The van der Waals surface area contributed by atoms with E-state index in [0.717, 1.165) is 0 Å². The lowest BCUT2D eigenvalue weighted by atomic mass is 10.3. The fourth-order valence-electron chi connectivity index (χ4n) is 1.10. The average molecular weight is 224 g/mol. The first kappa shape index (κ1) is 13.9. The second-order valence-electron chi connectivity index (χ2n) is 2.50. The van der Waals surface area contributed by atoms with Crippen LogP contribution in [0.4, 0.5) is 5.82 Å². The SMILES string of the molecule is CC.CC.Cc1cc2cc(N)ncc2s1. The number of hydrogen-bond donors (Lipinski definition) is 1. The second-order valence-corrected chi connectivity index (χ2v) is 3.79. The maximum absolute atomic E-state index is 5.53. The summed E-state index contributed by atoms with van der Waals surface area (Å²) in [4.78, 5) is 5.31. The average Bonchev–Trinajstić information content (AvgIpc) is 2.63. The molecule has 2 N–H and O–H groups in total. The van der Waals surface area contributed by atoms with Crippen LogP contribution in [0, 0.1) is 6.92 Å². The number of hydrogen-bond acceptors (Lipinski definition) is 3. The molecule has 0 aliphatic heterocycles. The molecule has 0 aliphatic carbocycles. The Morgan fingerprint density at radius 2 is 1.73 bits per heavy atom. The van der Waals surface area contributed by atoms with Crippen LogP contribution in [0.5, 0.6) is 0 Å². The largest absolute Gasteiger partial charge is 0.384 e. The number of rotatable bonds is 0. The topological polar surface area (TPSA) is 38.9 Å². The van der Waals surface area contributed by atoms with Gasteiger partial charge in [-0.2, -0.15) is 0 Å². The number of nitrogens with zero attached hydrogens (tertiary/aromatic N) is 1. The molecule has 0 saturated heterocycles. The van der Waals surface area contributed by atoms with Crippen LogP contribution in [0.2, 0.25) is 0 Å². The molecule has 3 heteroatoms. The molecular weight excluding hydrogens is 204 g/mol. The zero-order valence-electron chi connectivity index (χ0n) is 10.2. The first-order valence-electron chi connectivity index (χ1n) is 5.37. The van der Waals surface area contributed by atoms with Crippen molar-refractivity contribution in [2.24, 2.45) is 0 Å². The van der Waals surface area contributed by atoms with Crippen LogP contribution in [0.25, 0.3) is 10.1 Å². The monoisotopic (exact) mass is 224 g/mol.